The van der Waals surface area contributed by atoms with Crippen LogP contribution in [0.5, 0.6) is 0 Å². The fourth-order valence-electron chi connectivity index (χ4n) is 5.12. The largest absolute Gasteiger partial charge is 0.337 e. The highest BCUT2D eigenvalue weighted by Crippen LogP contribution is 2.46. The Morgan fingerprint density at radius 3 is 2.58 bits per heavy atom. The minimum absolute atomic E-state index is 0.0334. The van der Waals surface area contributed by atoms with E-state index in [0.717, 1.165) is 35.7 Å². The summed E-state index contributed by atoms with van der Waals surface area (Å²) in [5, 5.41) is 3.44. The molecule has 2 fully saturated rings. The number of benzene rings is 1. The van der Waals surface area contributed by atoms with Gasteiger partial charge in [-0.05, 0) is 43.0 Å². The highest BCUT2D eigenvalue weighted by atomic mass is 32.3. The van der Waals surface area contributed by atoms with Crippen LogP contribution in [0.3, 0.4) is 0 Å². The van der Waals surface area contributed by atoms with E-state index in [4.69, 9.17) is 0 Å². The summed E-state index contributed by atoms with van der Waals surface area (Å²) in [6.07, 6.45) is 6.34. The van der Waals surface area contributed by atoms with Crippen molar-refractivity contribution in [1.29, 1.82) is 0 Å². The maximum absolute atomic E-state index is 13.8. The van der Waals surface area contributed by atoms with Crippen molar-refractivity contribution < 1.29 is 22.8 Å². The van der Waals surface area contributed by atoms with Crippen LogP contribution in [0.4, 0.5) is 4.79 Å². The van der Waals surface area contributed by atoms with Gasteiger partial charge in [0.05, 0.1) is 18.7 Å². The molecule has 1 saturated heterocycles. The highest BCUT2D eigenvalue weighted by Gasteiger charge is 2.52. The number of aromatic nitrogens is 2. The first kappa shape index (κ1) is 25.1. The molecule has 6 rings (SSSR count). The third kappa shape index (κ3) is 4.31. The summed E-state index contributed by atoms with van der Waals surface area (Å²) in [5.74, 6) is -1.29. The summed E-state index contributed by atoms with van der Waals surface area (Å²) < 4.78 is 30.8. The molecule has 1 saturated carbocycles. The molecule has 200 valence electrons. The molecule has 2 unspecified atom stereocenters. The molecule has 1 aliphatic carbocycles. The first-order valence-electron chi connectivity index (χ1n) is 12.3. The van der Waals surface area contributed by atoms with Crippen molar-refractivity contribution in [2.45, 2.75) is 50.3 Å². The monoisotopic (exact) mass is 556 g/mol. The Hall–Kier alpha value is -3.16. The molecule has 0 spiro atoms. The van der Waals surface area contributed by atoms with Gasteiger partial charge >= 0.3 is 6.03 Å². The summed E-state index contributed by atoms with van der Waals surface area (Å²) in [6, 6.07) is 4.98. The summed E-state index contributed by atoms with van der Waals surface area (Å²) in [5.41, 5.74) is 2.54. The second kappa shape index (κ2) is 8.68. The van der Waals surface area contributed by atoms with E-state index < -0.39 is 38.8 Å². The van der Waals surface area contributed by atoms with Crippen molar-refractivity contribution in [3.05, 3.63) is 63.2 Å². The molecule has 0 bridgehead atoms. The van der Waals surface area contributed by atoms with Crippen LogP contribution in [0.2, 0.25) is 0 Å². The summed E-state index contributed by atoms with van der Waals surface area (Å²) in [7, 11) is -0.345. The normalized spacial score (nSPS) is 24.1. The van der Waals surface area contributed by atoms with Gasteiger partial charge in [-0.2, -0.15) is 5.10 Å². The van der Waals surface area contributed by atoms with Crippen molar-refractivity contribution in [3.63, 3.8) is 0 Å². The lowest BCUT2D eigenvalue weighted by Crippen LogP contribution is -2.58. The molecule has 0 radical (unpaired) electrons. The number of urea groups is 1. The summed E-state index contributed by atoms with van der Waals surface area (Å²) in [4.78, 5) is 44.0. The lowest BCUT2D eigenvalue weighted by Gasteiger charge is -2.41. The number of nitrogens with zero attached hydrogens (tertiary/aromatic N) is 5. The van der Waals surface area contributed by atoms with E-state index in [-0.39, 0.29) is 23.2 Å². The van der Waals surface area contributed by atoms with Crippen LogP contribution in [0.15, 0.2) is 40.9 Å². The number of aryl methyl sites for hydroxylation is 1. The Labute approximate surface area is 224 Å². The number of hydrogen-bond acceptors (Lipinski definition) is 7. The van der Waals surface area contributed by atoms with E-state index in [2.05, 4.69) is 9.82 Å². The third-order valence-electron chi connectivity index (χ3n) is 7.45. The van der Waals surface area contributed by atoms with Gasteiger partial charge in [0.2, 0.25) is 15.9 Å². The first-order valence-corrected chi connectivity index (χ1v) is 14.7. The molecular formula is C25H28N6O5S2. The van der Waals surface area contributed by atoms with Gasteiger partial charge in [0.15, 0.2) is 0 Å². The molecule has 11 nitrogen and oxygen atoms in total. The Balaban J connectivity index is 1.32. The van der Waals surface area contributed by atoms with E-state index in [1.165, 1.54) is 11.0 Å². The molecular weight excluding hydrogens is 528 g/mol. The van der Waals surface area contributed by atoms with Gasteiger partial charge in [-0.1, -0.05) is 23.9 Å². The molecule has 13 heteroatoms. The van der Waals surface area contributed by atoms with E-state index >= 15 is 0 Å². The Morgan fingerprint density at radius 1 is 1.13 bits per heavy atom. The van der Waals surface area contributed by atoms with Crippen LogP contribution in [0.1, 0.15) is 46.8 Å². The van der Waals surface area contributed by atoms with Crippen LogP contribution >= 0.6 is 11.8 Å². The average molecular weight is 557 g/mol. The van der Waals surface area contributed by atoms with Gasteiger partial charge < -0.3 is 9.80 Å². The minimum atomic E-state index is -3.83. The molecule has 3 aliphatic heterocycles. The zero-order chi connectivity index (χ0) is 27.0. The minimum Gasteiger partial charge on any atom is -0.337 e. The van der Waals surface area contributed by atoms with Gasteiger partial charge in [0, 0.05) is 50.0 Å². The lowest BCUT2D eigenvalue weighted by molar-refractivity contribution is -0.135. The fraction of sp³-hybridized carbons (Fsp3) is 0.440. The Morgan fingerprint density at radius 2 is 1.89 bits per heavy atom. The molecule has 2 atom stereocenters. The van der Waals surface area contributed by atoms with Gasteiger partial charge in [-0.3, -0.25) is 19.2 Å². The number of imide groups is 1. The van der Waals surface area contributed by atoms with Gasteiger partial charge in [-0.25, -0.2) is 17.9 Å². The highest BCUT2D eigenvalue weighted by molar-refractivity contribution is 8.18. The molecule has 1 aromatic carbocycles. The van der Waals surface area contributed by atoms with Crippen molar-refractivity contribution in [2.24, 2.45) is 13.0 Å². The molecule has 4 heterocycles. The molecule has 1 aromatic heterocycles. The molecule has 2 aromatic rings. The first-order chi connectivity index (χ1) is 17.9. The molecule has 4 amide bonds. The number of amides is 4. The topological polar surface area (TPSA) is 125 Å². The van der Waals surface area contributed by atoms with Crippen LogP contribution in [-0.4, -0.2) is 68.7 Å². The number of carbonyl (C=O) groups is 3. The standard InChI is InChI=1S/C25H28N6O5S2/c1-25(6-7-25)27-38(35,36)20-9-19-22(33)30(13-16-10-26-29(3)11-16)24(34)31(23(19)37-20)12-15-4-5-18-17(8-15)14-28(2)21(18)32/h4-5,8-11,19,23,27H,6-7,12-14H2,1-3H3. The van der Waals surface area contributed by atoms with E-state index in [9.17, 15) is 22.8 Å². The summed E-state index contributed by atoms with van der Waals surface area (Å²) >= 11 is 1.03. The number of sulfonamides is 1. The Bertz CT molecular complexity index is 1510. The van der Waals surface area contributed by atoms with Crippen molar-refractivity contribution in [2.75, 3.05) is 7.05 Å². The van der Waals surface area contributed by atoms with E-state index in [1.807, 2.05) is 13.0 Å². The van der Waals surface area contributed by atoms with Gasteiger partial charge in [0.1, 0.15) is 9.61 Å². The van der Waals surface area contributed by atoms with Crippen LogP contribution < -0.4 is 4.72 Å². The van der Waals surface area contributed by atoms with Crippen molar-refractivity contribution in [3.8, 4) is 0 Å². The fourth-order valence-corrected chi connectivity index (χ4v) is 8.42. The van der Waals surface area contributed by atoms with Crippen LogP contribution in [0.25, 0.3) is 0 Å². The third-order valence-corrected chi connectivity index (χ3v) is 11.0. The predicted molar refractivity (Wildman–Crippen MR) is 140 cm³/mol. The van der Waals surface area contributed by atoms with Crippen molar-refractivity contribution >= 4 is 39.6 Å². The van der Waals surface area contributed by atoms with Gasteiger partial charge in [-0.15, -0.1) is 0 Å². The molecule has 1 N–H and O–H groups in total. The zero-order valence-corrected chi connectivity index (χ0v) is 22.9. The summed E-state index contributed by atoms with van der Waals surface area (Å²) in [6.45, 7) is 2.54. The number of hydrogen-bond donors (Lipinski definition) is 1. The quantitative estimate of drug-likeness (QED) is 0.553. The zero-order valence-electron chi connectivity index (χ0n) is 21.2. The maximum atomic E-state index is 13.8. The number of fused-ring (bicyclic) bond motifs is 2. The number of nitrogens with one attached hydrogen (secondary N) is 1. The Kier molecular flexibility index (Phi) is 5.74. The second-order valence-electron chi connectivity index (χ2n) is 10.7. The number of rotatable bonds is 7. The predicted octanol–water partition coefficient (Wildman–Crippen LogP) is 1.97. The van der Waals surface area contributed by atoms with Crippen LogP contribution in [0, 0.1) is 5.92 Å². The molecule has 4 aliphatic rings. The number of carbonyl (C=O) groups excluding carboxylic acids is 3. The van der Waals surface area contributed by atoms with Gasteiger partial charge in [0.25, 0.3) is 5.91 Å². The number of thioether (sulfide) groups is 1. The van der Waals surface area contributed by atoms with Crippen molar-refractivity contribution in [1.82, 2.24) is 29.2 Å². The van der Waals surface area contributed by atoms with Crippen LogP contribution in [-0.2, 0) is 41.5 Å². The SMILES string of the molecule is CN1Cc2cc(CN3C(=O)N(Cc4cnn(C)c4)C(=O)C4C=C(S(=O)(=O)NC5(C)CC5)SC43)ccc2C1=O. The van der Waals surface area contributed by atoms with E-state index in [0.29, 0.717) is 17.7 Å². The lowest BCUT2D eigenvalue weighted by atomic mass is 10.0. The second-order valence-corrected chi connectivity index (χ2v) is 13.8. The smallest absolute Gasteiger partial charge is 0.328 e. The molecule has 38 heavy (non-hydrogen) atoms. The van der Waals surface area contributed by atoms with E-state index in [1.54, 1.807) is 53.1 Å². The average Bonchev–Trinajstić information content (AvgIpc) is 3.17. The maximum Gasteiger partial charge on any atom is 0.328 e.